The second kappa shape index (κ2) is 5.49. The topological polar surface area (TPSA) is 30.7 Å². The minimum absolute atomic E-state index is 0.107. The van der Waals surface area contributed by atoms with Crippen LogP contribution >= 0.6 is 11.6 Å². The number of aryl methyl sites for hydroxylation is 1. The number of pyridine rings is 1. The van der Waals surface area contributed by atoms with E-state index < -0.39 is 0 Å². The molecule has 2 unspecified atom stereocenters. The van der Waals surface area contributed by atoms with Crippen molar-refractivity contribution in [2.24, 2.45) is 5.92 Å². The van der Waals surface area contributed by atoms with Crippen molar-refractivity contribution < 1.29 is 0 Å². The number of halogens is 1. The van der Waals surface area contributed by atoms with E-state index in [4.69, 9.17) is 11.6 Å². The summed E-state index contributed by atoms with van der Waals surface area (Å²) in [5.41, 5.74) is 3.02. The molecule has 0 fully saturated rings. The van der Waals surface area contributed by atoms with Crippen molar-refractivity contribution >= 4 is 22.8 Å². The van der Waals surface area contributed by atoms with Gasteiger partial charge in [-0.3, -0.25) is 0 Å². The van der Waals surface area contributed by atoms with Gasteiger partial charge in [-0.1, -0.05) is 13.8 Å². The van der Waals surface area contributed by atoms with Crippen molar-refractivity contribution in [3.63, 3.8) is 0 Å². The van der Waals surface area contributed by atoms with E-state index in [-0.39, 0.29) is 5.38 Å². The molecule has 0 saturated heterocycles. The van der Waals surface area contributed by atoms with Crippen molar-refractivity contribution in [3.8, 4) is 0 Å². The van der Waals surface area contributed by atoms with Gasteiger partial charge in [-0.15, -0.1) is 11.6 Å². The molecule has 2 aromatic heterocycles. The second-order valence-corrected chi connectivity index (χ2v) is 6.44. The van der Waals surface area contributed by atoms with Crippen LogP contribution in [-0.2, 0) is 0 Å². The predicted molar refractivity (Wildman–Crippen MR) is 80.7 cm³/mol. The molecule has 0 aliphatic heterocycles. The van der Waals surface area contributed by atoms with Crippen LogP contribution in [0.5, 0.6) is 0 Å². The van der Waals surface area contributed by atoms with Crippen LogP contribution < -0.4 is 0 Å². The first-order valence-corrected chi connectivity index (χ1v) is 7.32. The predicted octanol–water partition coefficient (Wildman–Crippen LogP) is 4.65. The van der Waals surface area contributed by atoms with Gasteiger partial charge in [0.1, 0.15) is 11.3 Å². The highest BCUT2D eigenvalue weighted by atomic mass is 35.5. The zero-order valence-corrected chi connectivity index (χ0v) is 13.1. The molecule has 2 aromatic rings. The highest BCUT2D eigenvalue weighted by molar-refractivity contribution is 6.20. The molecule has 2 heterocycles. The summed E-state index contributed by atoms with van der Waals surface area (Å²) < 4.78 is 2.20. The summed E-state index contributed by atoms with van der Waals surface area (Å²) in [5.74, 6) is 1.55. The molecular weight excluding hydrogens is 258 g/mol. The van der Waals surface area contributed by atoms with Crippen molar-refractivity contribution in [2.45, 2.75) is 52.5 Å². The van der Waals surface area contributed by atoms with E-state index >= 15 is 0 Å². The molecule has 0 aliphatic carbocycles. The van der Waals surface area contributed by atoms with Gasteiger partial charge < -0.3 is 4.57 Å². The summed E-state index contributed by atoms with van der Waals surface area (Å²) in [5, 5.41) is -0.107. The molecule has 0 bridgehead atoms. The molecule has 104 valence electrons. The van der Waals surface area contributed by atoms with Crippen molar-refractivity contribution in [3.05, 3.63) is 23.7 Å². The fourth-order valence-corrected chi connectivity index (χ4v) is 2.76. The van der Waals surface area contributed by atoms with E-state index in [0.717, 1.165) is 29.0 Å². The van der Waals surface area contributed by atoms with Gasteiger partial charge in [0, 0.05) is 12.2 Å². The smallest absolute Gasteiger partial charge is 0.160 e. The lowest BCUT2D eigenvalue weighted by atomic mass is 10.0. The fraction of sp³-hybridized carbons (Fsp3) is 0.600. The standard InChI is InChI=1S/C15H22ClN3/c1-9(2)6-11(4)19-14(12(5)16)18-13-7-10(3)8-17-15(13)19/h7-9,11-12H,6H2,1-5H3. The highest BCUT2D eigenvalue weighted by Gasteiger charge is 2.20. The maximum absolute atomic E-state index is 6.29. The molecule has 0 radical (unpaired) electrons. The molecule has 2 atom stereocenters. The van der Waals surface area contributed by atoms with E-state index in [0.29, 0.717) is 12.0 Å². The molecule has 0 saturated carbocycles. The lowest BCUT2D eigenvalue weighted by Crippen LogP contribution is -2.12. The zero-order chi connectivity index (χ0) is 14.2. The number of hydrogen-bond acceptors (Lipinski definition) is 2. The fourth-order valence-electron chi connectivity index (χ4n) is 2.60. The van der Waals surface area contributed by atoms with Crippen LogP contribution in [-0.4, -0.2) is 14.5 Å². The minimum Gasteiger partial charge on any atom is -0.309 e. The Morgan fingerprint density at radius 2 is 1.95 bits per heavy atom. The molecule has 4 heteroatoms. The molecule has 0 aliphatic rings. The Balaban J connectivity index is 2.58. The highest BCUT2D eigenvalue weighted by Crippen LogP contribution is 2.29. The van der Waals surface area contributed by atoms with Gasteiger partial charge in [-0.25, -0.2) is 9.97 Å². The number of imidazole rings is 1. The average Bonchev–Trinajstić information content (AvgIpc) is 2.66. The number of hydrogen-bond donors (Lipinski definition) is 0. The van der Waals surface area contributed by atoms with Crippen molar-refractivity contribution in [2.75, 3.05) is 0 Å². The Bertz CT molecular complexity index is 572. The van der Waals surface area contributed by atoms with Gasteiger partial charge >= 0.3 is 0 Å². The first kappa shape index (κ1) is 14.3. The van der Waals surface area contributed by atoms with E-state index in [9.17, 15) is 0 Å². The summed E-state index contributed by atoms with van der Waals surface area (Å²) in [7, 11) is 0. The summed E-state index contributed by atoms with van der Waals surface area (Å²) >= 11 is 6.29. The van der Waals surface area contributed by atoms with Crippen LogP contribution in [0.25, 0.3) is 11.2 Å². The normalized spacial score (nSPS) is 15.1. The monoisotopic (exact) mass is 279 g/mol. The molecule has 2 rings (SSSR count). The Hall–Kier alpha value is -1.09. The first-order chi connectivity index (χ1) is 8.90. The van der Waals surface area contributed by atoms with E-state index in [1.807, 2.05) is 20.0 Å². The quantitative estimate of drug-likeness (QED) is 0.763. The van der Waals surface area contributed by atoms with Crippen LogP contribution in [0, 0.1) is 12.8 Å². The number of rotatable bonds is 4. The zero-order valence-electron chi connectivity index (χ0n) is 12.3. The van der Waals surface area contributed by atoms with Gasteiger partial charge in [0.05, 0.1) is 5.38 Å². The minimum atomic E-state index is -0.107. The third-order valence-electron chi connectivity index (χ3n) is 3.30. The van der Waals surface area contributed by atoms with E-state index in [1.165, 1.54) is 0 Å². The third kappa shape index (κ3) is 2.92. The lowest BCUT2D eigenvalue weighted by molar-refractivity contribution is 0.424. The van der Waals surface area contributed by atoms with E-state index in [2.05, 4.69) is 41.4 Å². The summed E-state index contributed by atoms with van der Waals surface area (Å²) in [6, 6.07) is 2.43. The molecule has 3 nitrogen and oxygen atoms in total. The Kier molecular flexibility index (Phi) is 4.14. The SMILES string of the molecule is Cc1cnc2c(c1)nc(C(C)Cl)n2C(C)CC(C)C. The molecule has 0 spiro atoms. The van der Waals surface area contributed by atoms with Gasteiger partial charge in [-0.05, 0) is 44.7 Å². The lowest BCUT2D eigenvalue weighted by Gasteiger charge is -2.19. The van der Waals surface area contributed by atoms with Crippen LogP contribution in [0.1, 0.15) is 56.9 Å². The molecule has 0 N–H and O–H groups in total. The summed E-state index contributed by atoms with van der Waals surface area (Å²) in [6.45, 7) is 10.7. The summed E-state index contributed by atoms with van der Waals surface area (Å²) in [4.78, 5) is 9.22. The average molecular weight is 280 g/mol. The largest absolute Gasteiger partial charge is 0.309 e. The Labute approximate surface area is 120 Å². The Morgan fingerprint density at radius 1 is 1.26 bits per heavy atom. The van der Waals surface area contributed by atoms with Gasteiger partial charge in [0.2, 0.25) is 0 Å². The maximum atomic E-state index is 6.29. The van der Waals surface area contributed by atoms with Crippen LogP contribution in [0.15, 0.2) is 12.3 Å². The molecular formula is C15H22ClN3. The molecule has 19 heavy (non-hydrogen) atoms. The maximum Gasteiger partial charge on any atom is 0.160 e. The number of aromatic nitrogens is 3. The van der Waals surface area contributed by atoms with Crippen molar-refractivity contribution in [1.82, 2.24) is 14.5 Å². The van der Waals surface area contributed by atoms with Gasteiger partial charge in [-0.2, -0.15) is 0 Å². The Morgan fingerprint density at radius 3 is 2.53 bits per heavy atom. The third-order valence-corrected chi connectivity index (χ3v) is 3.50. The van der Waals surface area contributed by atoms with Crippen LogP contribution in [0.2, 0.25) is 0 Å². The molecule has 0 amide bonds. The van der Waals surface area contributed by atoms with Gasteiger partial charge in [0.15, 0.2) is 5.65 Å². The van der Waals surface area contributed by atoms with Crippen molar-refractivity contribution in [1.29, 1.82) is 0 Å². The first-order valence-electron chi connectivity index (χ1n) is 6.88. The number of fused-ring (bicyclic) bond motifs is 1. The number of alkyl halides is 1. The van der Waals surface area contributed by atoms with Gasteiger partial charge in [0.25, 0.3) is 0 Å². The van der Waals surface area contributed by atoms with Crippen LogP contribution in [0.4, 0.5) is 0 Å². The second-order valence-electron chi connectivity index (χ2n) is 5.79. The van der Waals surface area contributed by atoms with Crippen LogP contribution in [0.3, 0.4) is 0 Å². The van der Waals surface area contributed by atoms with E-state index in [1.54, 1.807) is 0 Å². The number of nitrogens with zero attached hydrogens (tertiary/aromatic N) is 3. The summed E-state index contributed by atoms with van der Waals surface area (Å²) in [6.07, 6.45) is 2.99. The molecule has 0 aromatic carbocycles.